The molecule has 1 fully saturated rings. The van der Waals surface area contributed by atoms with Crippen LogP contribution >= 0.6 is 0 Å². The van der Waals surface area contributed by atoms with Crippen molar-refractivity contribution in [3.8, 4) is 0 Å². The van der Waals surface area contributed by atoms with Gasteiger partial charge in [0.25, 0.3) is 0 Å². The molecule has 0 spiro atoms. The fourth-order valence-electron chi connectivity index (χ4n) is 3.18. The molecule has 0 aliphatic carbocycles. The SMILES string of the molecule is CCCCCCCC(CCCC)OC(=O)NCCN1CCCC1. The molecular weight excluding hydrogens is 288 g/mol. The van der Waals surface area contributed by atoms with Crippen LogP contribution in [0.5, 0.6) is 0 Å². The van der Waals surface area contributed by atoms with E-state index in [0.29, 0.717) is 6.54 Å². The number of alkyl carbamates (subject to hydrolysis) is 1. The van der Waals surface area contributed by atoms with Crippen molar-refractivity contribution < 1.29 is 9.53 Å². The lowest BCUT2D eigenvalue weighted by Gasteiger charge is -2.19. The molecule has 0 radical (unpaired) electrons. The molecule has 1 rings (SSSR count). The van der Waals surface area contributed by atoms with Crippen LogP contribution in [0.4, 0.5) is 4.79 Å². The third kappa shape index (κ3) is 10.6. The molecule has 0 aromatic heterocycles. The van der Waals surface area contributed by atoms with Gasteiger partial charge in [0.1, 0.15) is 6.10 Å². The van der Waals surface area contributed by atoms with E-state index in [9.17, 15) is 4.79 Å². The summed E-state index contributed by atoms with van der Waals surface area (Å²) in [5.74, 6) is 0. The fourth-order valence-corrected chi connectivity index (χ4v) is 3.18. The standard InChI is InChI=1S/C19H38N2O2/c1-3-5-7-8-9-13-18(12-6-4-2)23-19(22)20-14-17-21-15-10-11-16-21/h18H,3-17H2,1-2H3,(H,20,22). The number of hydrogen-bond acceptors (Lipinski definition) is 3. The number of amides is 1. The third-order valence-electron chi connectivity index (χ3n) is 4.68. The van der Waals surface area contributed by atoms with E-state index in [1.165, 1.54) is 58.0 Å². The number of hydrogen-bond donors (Lipinski definition) is 1. The molecule has 0 bridgehead atoms. The first-order valence-electron chi connectivity index (χ1n) is 9.93. The second-order valence-corrected chi connectivity index (χ2v) is 6.85. The second kappa shape index (κ2) is 13.6. The molecule has 0 saturated carbocycles. The molecule has 1 saturated heterocycles. The molecule has 1 amide bonds. The smallest absolute Gasteiger partial charge is 0.407 e. The molecule has 0 aromatic rings. The van der Waals surface area contributed by atoms with Crippen LogP contribution in [0.1, 0.15) is 84.5 Å². The fraction of sp³-hybridized carbons (Fsp3) is 0.947. The summed E-state index contributed by atoms with van der Waals surface area (Å²) in [7, 11) is 0. The van der Waals surface area contributed by atoms with Crippen molar-refractivity contribution in [1.82, 2.24) is 10.2 Å². The van der Waals surface area contributed by atoms with Crippen LogP contribution < -0.4 is 5.32 Å². The molecule has 23 heavy (non-hydrogen) atoms. The number of unbranched alkanes of at least 4 members (excludes halogenated alkanes) is 5. The summed E-state index contributed by atoms with van der Waals surface area (Å²) in [5, 5.41) is 2.92. The lowest BCUT2D eigenvalue weighted by Crippen LogP contribution is -2.35. The first-order valence-corrected chi connectivity index (χ1v) is 9.93. The van der Waals surface area contributed by atoms with Gasteiger partial charge in [0.2, 0.25) is 0 Å². The van der Waals surface area contributed by atoms with Crippen LogP contribution in [0.25, 0.3) is 0 Å². The first kappa shape index (κ1) is 20.3. The Labute approximate surface area is 143 Å². The van der Waals surface area contributed by atoms with Crippen molar-refractivity contribution in [3.63, 3.8) is 0 Å². The van der Waals surface area contributed by atoms with E-state index in [4.69, 9.17) is 4.74 Å². The van der Waals surface area contributed by atoms with Crippen molar-refractivity contribution in [2.45, 2.75) is 90.6 Å². The van der Waals surface area contributed by atoms with Crippen LogP contribution in [0.2, 0.25) is 0 Å². The van der Waals surface area contributed by atoms with E-state index in [1.807, 2.05) is 0 Å². The van der Waals surface area contributed by atoms with Gasteiger partial charge in [0, 0.05) is 13.1 Å². The van der Waals surface area contributed by atoms with E-state index in [-0.39, 0.29) is 12.2 Å². The lowest BCUT2D eigenvalue weighted by atomic mass is 10.0. The highest BCUT2D eigenvalue weighted by Gasteiger charge is 2.15. The molecule has 4 heteroatoms. The molecule has 136 valence electrons. The maximum atomic E-state index is 12.0. The van der Waals surface area contributed by atoms with Crippen molar-refractivity contribution >= 4 is 6.09 Å². The Balaban J connectivity index is 2.14. The Morgan fingerprint density at radius 1 is 1.00 bits per heavy atom. The lowest BCUT2D eigenvalue weighted by molar-refractivity contribution is 0.0839. The Bertz CT molecular complexity index is 291. The summed E-state index contributed by atoms with van der Waals surface area (Å²) in [6, 6.07) is 0. The average Bonchev–Trinajstić information content (AvgIpc) is 3.05. The van der Waals surface area contributed by atoms with Crippen molar-refractivity contribution in [3.05, 3.63) is 0 Å². The van der Waals surface area contributed by atoms with E-state index < -0.39 is 0 Å². The van der Waals surface area contributed by atoms with Gasteiger partial charge in [-0.1, -0.05) is 52.4 Å². The minimum absolute atomic E-state index is 0.100. The van der Waals surface area contributed by atoms with Gasteiger partial charge >= 0.3 is 6.09 Å². The van der Waals surface area contributed by atoms with Crippen molar-refractivity contribution in [1.29, 1.82) is 0 Å². The van der Waals surface area contributed by atoms with E-state index in [1.54, 1.807) is 0 Å². The van der Waals surface area contributed by atoms with Crippen LogP contribution in [-0.2, 0) is 4.74 Å². The molecule has 1 unspecified atom stereocenters. The summed E-state index contributed by atoms with van der Waals surface area (Å²) >= 11 is 0. The average molecular weight is 327 g/mol. The molecule has 0 aromatic carbocycles. The van der Waals surface area contributed by atoms with Gasteiger partial charge in [-0.15, -0.1) is 0 Å². The highest BCUT2D eigenvalue weighted by molar-refractivity contribution is 5.67. The van der Waals surface area contributed by atoms with E-state index >= 15 is 0 Å². The summed E-state index contributed by atoms with van der Waals surface area (Å²) in [4.78, 5) is 14.4. The maximum Gasteiger partial charge on any atom is 0.407 e. The molecule has 1 aliphatic heterocycles. The van der Waals surface area contributed by atoms with Crippen molar-refractivity contribution in [2.75, 3.05) is 26.2 Å². The van der Waals surface area contributed by atoms with Gasteiger partial charge in [0.05, 0.1) is 0 Å². The predicted molar refractivity (Wildman–Crippen MR) is 96.8 cm³/mol. The zero-order valence-electron chi connectivity index (χ0n) is 15.4. The van der Waals surface area contributed by atoms with Gasteiger partial charge < -0.3 is 15.0 Å². The number of carbonyl (C=O) groups excluding carboxylic acids is 1. The second-order valence-electron chi connectivity index (χ2n) is 6.85. The number of ether oxygens (including phenoxy) is 1. The Kier molecular flexibility index (Phi) is 12.0. The normalized spacial score (nSPS) is 16.4. The van der Waals surface area contributed by atoms with Crippen LogP contribution in [-0.4, -0.2) is 43.3 Å². The molecule has 1 N–H and O–H groups in total. The number of carbonyl (C=O) groups is 1. The summed E-state index contributed by atoms with van der Waals surface area (Å²) in [6.07, 6.45) is 13.1. The zero-order valence-corrected chi connectivity index (χ0v) is 15.4. The Hall–Kier alpha value is -0.770. The largest absolute Gasteiger partial charge is 0.446 e. The molecule has 1 atom stereocenters. The first-order chi connectivity index (χ1) is 11.3. The topological polar surface area (TPSA) is 41.6 Å². The minimum atomic E-state index is -0.223. The minimum Gasteiger partial charge on any atom is -0.446 e. The van der Waals surface area contributed by atoms with Crippen LogP contribution in [0.3, 0.4) is 0 Å². The predicted octanol–water partition coefficient (Wildman–Crippen LogP) is 4.73. The Morgan fingerprint density at radius 2 is 1.65 bits per heavy atom. The molecular formula is C19H38N2O2. The van der Waals surface area contributed by atoms with Crippen LogP contribution in [0.15, 0.2) is 0 Å². The zero-order chi connectivity index (χ0) is 16.8. The quantitative estimate of drug-likeness (QED) is 0.498. The number of rotatable bonds is 13. The van der Waals surface area contributed by atoms with E-state index in [2.05, 4.69) is 24.1 Å². The van der Waals surface area contributed by atoms with Gasteiger partial charge in [0.15, 0.2) is 0 Å². The molecule has 4 nitrogen and oxygen atoms in total. The summed E-state index contributed by atoms with van der Waals surface area (Å²) < 4.78 is 5.66. The highest BCUT2D eigenvalue weighted by atomic mass is 16.6. The molecule has 1 heterocycles. The Morgan fingerprint density at radius 3 is 2.35 bits per heavy atom. The number of likely N-dealkylation sites (tertiary alicyclic amines) is 1. The number of nitrogens with one attached hydrogen (secondary N) is 1. The third-order valence-corrected chi connectivity index (χ3v) is 4.68. The summed E-state index contributed by atoms with van der Waals surface area (Å²) in [6.45, 7) is 8.43. The van der Waals surface area contributed by atoms with Gasteiger partial charge in [-0.25, -0.2) is 4.79 Å². The maximum absolute atomic E-state index is 12.0. The van der Waals surface area contributed by atoms with Gasteiger partial charge in [-0.05, 0) is 45.2 Å². The summed E-state index contributed by atoms with van der Waals surface area (Å²) in [5.41, 5.74) is 0. The van der Waals surface area contributed by atoms with Gasteiger partial charge in [-0.3, -0.25) is 0 Å². The molecule has 1 aliphatic rings. The highest BCUT2D eigenvalue weighted by Crippen LogP contribution is 2.15. The van der Waals surface area contributed by atoms with Gasteiger partial charge in [-0.2, -0.15) is 0 Å². The van der Waals surface area contributed by atoms with Crippen LogP contribution in [0, 0.1) is 0 Å². The van der Waals surface area contributed by atoms with E-state index in [0.717, 1.165) is 32.2 Å². The van der Waals surface area contributed by atoms with Crippen molar-refractivity contribution in [2.24, 2.45) is 0 Å². The number of nitrogens with zero attached hydrogens (tertiary/aromatic N) is 1. The monoisotopic (exact) mass is 326 g/mol.